The number of amides is 1. The average molecular weight is 378 g/mol. The zero-order valence-electron chi connectivity index (χ0n) is 15.0. The highest BCUT2D eigenvalue weighted by atomic mass is 19.1. The molecule has 4 rings (SSSR count). The third-order valence-corrected chi connectivity index (χ3v) is 4.08. The second-order valence-corrected chi connectivity index (χ2v) is 5.96. The smallest absolute Gasteiger partial charge is 0.277 e. The first-order chi connectivity index (χ1) is 13.5. The summed E-state index contributed by atoms with van der Waals surface area (Å²) in [5.74, 6) is -0.197. The van der Waals surface area contributed by atoms with Gasteiger partial charge in [0.05, 0.1) is 18.5 Å². The predicted octanol–water partition coefficient (Wildman–Crippen LogP) is 2.89. The van der Waals surface area contributed by atoms with Crippen molar-refractivity contribution in [2.75, 3.05) is 12.4 Å². The van der Waals surface area contributed by atoms with E-state index in [4.69, 9.17) is 4.74 Å². The molecule has 1 aromatic carbocycles. The molecule has 0 atom stereocenters. The van der Waals surface area contributed by atoms with E-state index in [9.17, 15) is 9.18 Å². The number of imidazole rings is 1. The summed E-state index contributed by atoms with van der Waals surface area (Å²) < 4.78 is 19.9. The van der Waals surface area contributed by atoms with Crippen molar-refractivity contribution in [3.8, 4) is 17.1 Å². The molecule has 0 bridgehead atoms. The molecule has 0 saturated carbocycles. The van der Waals surface area contributed by atoms with Crippen LogP contribution in [0.25, 0.3) is 16.9 Å². The fourth-order valence-corrected chi connectivity index (χ4v) is 2.78. The lowest BCUT2D eigenvalue weighted by Crippen LogP contribution is -2.17. The number of rotatable bonds is 4. The highest BCUT2D eigenvalue weighted by Gasteiger charge is 2.19. The number of hydrogen-bond acceptors (Lipinski definition) is 6. The summed E-state index contributed by atoms with van der Waals surface area (Å²) in [6, 6.07) is 12.7. The number of nitrogens with zero attached hydrogens (tertiary/aromatic N) is 5. The first kappa shape index (κ1) is 17.5. The minimum absolute atomic E-state index is 0.255. The normalized spacial score (nSPS) is 10.8. The largest absolute Gasteiger partial charge is 0.480 e. The van der Waals surface area contributed by atoms with E-state index in [-0.39, 0.29) is 17.3 Å². The molecule has 0 unspecified atom stereocenters. The molecule has 1 N–H and O–H groups in total. The number of benzene rings is 1. The second kappa shape index (κ2) is 7.03. The van der Waals surface area contributed by atoms with Crippen LogP contribution < -0.4 is 10.1 Å². The topological polar surface area (TPSA) is 94.3 Å². The molecular formula is C19H15FN6O2. The van der Waals surface area contributed by atoms with Gasteiger partial charge in [-0.1, -0.05) is 12.1 Å². The van der Waals surface area contributed by atoms with Crippen LogP contribution in [0.1, 0.15) is 16.2 Å². The van der Waals surface area contributed by atoms with Crippen molar-refractivity contribution < 1.29 is 13.9 Å². The number of anilines is 1. The molecule has 1 amide bonds. The van der Waals surface area contributed by atoms with Crippen molar-refractivity contribution in [3.63, 3.8) is 0 Å². The van der Waals surface area contributed by atoms with Gasteiger partial charge in [0.25, 0.3) is 5.91 Å². The summed E-state index contributed by atoms with van der Waals surface area (Å²) in [5.41, 5.74) is 2.38. The predicted molar refractivity (Wildman–Crippen MR) is 99.7 cm³/mol. The average Bonchev–Trinajstić information content (AvgIpc) is 3.03. The number of carbonyl (C=O) groups is 1. The minimum Gasteiger partial charge on any atom is -0.480 e. The Morgan fingerprint density at radius 2 is 2.00 bits per heavy atom. The summed E-state index contributed by atoms with van der Waals surface area (Å²) in [6.07, 6.45) is 0. The van der Waals surface area contributed by atoms with Crippen molar-refractivity contribution in [1.82, 2.24) is 24.8 Å². The molecule has 0 radical (unpaired) electrons. The van der Waals surface area contributed by atoms with Crippen molar-refractivity contribution in [2.24, 2.45) is 0 Å². The Morgan fingerprint density at radius 3 is 2.71 bits per heavy atom. The van der Waals surface area contributed by atoms with Crippen LogP contribution in [-0.4, -0.2) is 37.8 Å². The van der Waals surface area contributed by atoms with Crippen LogP contribution >= 0.6 is 0 Å². The Labute approximate surface area is 159 Å². The molecule has 9 heteroatoms. The molecule has 0 fully saturated rings. The van der Waals surface area contributed by atoms with Crippen molar-refractivity contribution in [1.29, 1.82) is 0 Å². The lowest BCUT2D eigenvalue weighted by molar-refractivity contribution is 0.101. The van der Waals surface area contributed by atoms with Gasteiger partial charge >= 0.3 is 0 Å². The molecule has 3 heterocycles. The van der Waals surface area contributed by atoms with Crippen molar-refractivity contribution in [3.05, 3.63) is 65.7 Å². The molecule has 8 nitrogen and oxygen atoms in total. The Morgan fingerprint density at radius 1 is 1.14 bits per heavy atom. The van der Waals surface area contributed by atoms with Crippen LogP contribution in [0.3, 0.4) is 0 Å². The summed E-state index contributed by atoms with van der Waals surface area (Å²) >= 11 is 0. The van der Waals surface area contributed by atoms with Gasteiger partial charge in [-0.15, -0.1) is 10.2 Å². The van der Waals surface area contributed by atoms with E-state index in [0.29, 0.717) is 28.5 Å². The minimum atomic E-state index is -0.437. The zero-order chi connectivity index (χ0) is 19.7. The monoisotopic (exact) mass is 378 g/mol. The van der Waals surface area contributed by atoms with Crippen LogP contribution in [0.2, 0.25) is 0 Å². The molecule has 0 saturated heterocycles. The van der Waals surface area contributed by atoms with Crippen LogP contribution in [-0.2, 0) is 0 Å². The fraction of sp³-hybridized carbons (Fsp3) is 0.105. The van der Waals surface area contributed by atoms with Gasteiger partial charge < -0.3 is 10.1 Å². The van der Waals surface area contributed by atoms with Crippen LogP contribution in [0.4, 0.5) is 10.2 Å². The number of methoxy groups -OCH3 is 1. The first-order valence-corrected chi connectivity index (χ1v) is 8.36. The standard InChI is InChI=1S/C19H15FN6O2/c1-11-18(19(27)22-15-7-9-17(28-2)24-23-15)26-16(21-11)8-6-14(25-26)12-4-3-5-13(20)10-12/h3-10H,1-2H3,(H,22,23,27). The van der Waals surface area contributed by atoms with Crippen molar-refractivity contribution in [2.45, 2.75) is 6.92 Å². The van der Waals surface area contributed by atoms with Crippen molar-refractivity contribution >= 4 is 17.4 Å². The summed E-state index contributed by atoms with van der Waals surface area (Å²) in [6.45, 7) is 1.71. The van der Waals surface area contributed by atoms with Crippen LogP contribution in [0.5, 0.6) is 5.88 Å². The molecule has 4 aromatic rings. The number of fused-ring (bicyclic) bond motifs is 1. The van der Waals surface area contributed by atoms with Gasteiger partial charge in [-0.2, -0.15) is 5.10 Å². The number of aromatic nitrogens is 5. The van der Waals surface area contributed by atoms with E-state index in [0.717, 1.165) is 0 Å². The third-order valence-electron chi connectivity index (χ3n) is 4.08. The van der Waals surface area contributed by atoms with Gasteiger partial charge in [-0.25, -0.2) is 13.9 Å². The molecule has 0 aliphatic heterocycles. The zero-order valence-corrected chi connectivity index (χ0v) is 15.0. The highest BCUT2D eigenvalue weighted by molar-refractivity contribution is 6.03. The fourth-order valence-electron chi connectivity index (χ4n) is 2.78. The Kier molecular flexibility index (Phi) is 4.40. The second-order valence-electron chi connectivity index (χ2n) is 5.96. The maximum Gasteiger partial charge on any atom is 0.277 e. The molecule has 0 spiro atoms. The maximum atomic E-state index is 13.5. The maximum absolute atomic E-state index is 13.5. The number of ether oxygens (including phenoxy) is 1. The lowest BCUT2D eigenvalue weighted by Gasteiger charge is -2.06. The Balaban J connectivity index is 1.72. The molecule has 140 valence electrons. The Hall–Kier alpha value is -3.88. The quantitative estimate of drug-likeness (QED) is 0.587. The van der Waals surface area contributed by atoms with Gasteiger partial charge in [0, 0.05) is 11.6 Å². The Bertz CT molecular complexity index is 1170. The van der Waals surface area contributed by atoms with Gasteiger partial charge in [0.15, 0.2) is 17.2 Å². The number of carbonyl (C=O) groups excluding carboxylic acids is 1. The lowest BCUT2D eigenvalue weighted by atomic mass is 10.1. The summed E-state index contributed by atoms with van der Waals surface area (Å²) in [7, 11) is 1.48. The molecular weight excluding hydrogens is 363 g/mol. The SMILES string of the molecule is COc1ccc(NC(=O)c2c(C)nc3ccc(-c4cccc(F)c4)nn23)nn1. The molecule has 28 heavy (non-hydrogen) atoms. The molecule has 3 aromatic heterocycles. The van der Waals surface area contributed by atoms with E-state index in [2.05, 4.69) is 25.6 Å². The number of halogens is 1. The third kappa shape index (κ3) is 3.25. The van der Waals surface area contributed by atoms with Gasteiger partial charge in [-0.3, -0.25) is 4.79 Å². The van der Waals surface area contributed by atoms with Crippen LogP contribution in [0, 0.1) is 12.7 Å². The molecule has 0 aliphatic carbocycles. The van der Waals surface area contributed by atoms with Gasteiger partial charge in [0.1, 0.15) is 5.82 Å². The number of nitrogens with one attached hydrogen (secondary N) is 1. The summed E-state index contributed by atoms with van der Waals surface area (Å²) in [4.78, 5) is 17.2. The number of aryl methyl sites for hydroxylation is 1. The van der Waals surface area contributed by atoms with Gasteiger partial charge in [-0.05, 0) is 37.3 Å². The highest BCUT2D eigenvalue weighted by Crippen LogP contribution is 2.20. The number of hydrogen-bond donors (Lipinski definition) is 1. The van der Waals surface area contributed by atoms with E-state index in [1.54, 1.807) is 43.3 Å². The van der Waals surface area contributed by atoms with E-state index in [1.807, 2.05) is 0 Å². The van der Waals surface area contributed by atoms with E-state index < -0.39 is 5.91 Å². The van der Waals surface area contributed by atoms with Gasteiger partial charge in [0.2, 0.25) is 5.88 Å². The molecule has 0 aliphatic rings. The van der Waals surface area contributed by atoms with E-state index in [1.165, 1.54) is 23.8 Å². The van der Waals surface area contributed by atoms with Crippen LogP contribution in [0.15, 0.2) is 48.5 Å². The summed E-state index contributed by atoms with van der Waals surface area (Å²) in [5, 5.41) is 14.8. The first-order valence-electron chi connectivity index (χ1n) is 8.36. The van der Waals surface area contributed by atoms with E-state index >= 15 is 0 Å².